The molecular formula is C13H20N2O2S. The Bertz CT molecular complexity index is 370. The molecule has 3 atom stereocenters. The number of nitrogens with zero attached hydrogens (tertiary/aromatic N) is 1. The van der Waals surface area contributed by atoms with Crippen LogP contribution < -0.4 is 5.32 Å². The molecule has 0 bridgehead atoms. The molecule has 3 fully saturated rings. The van der Waals surface area contributed by atoms with Crippen LogP contribution in [0.25, 0.3) is 0 Å². The van der Waals surface area contributed by atoms with E-state index in [4.69, 9.17) is 0 Å². The van der Waals surface area contributed by atoms with Gasteiger partial charge in [-0.25, -0.2) is 0 Å². The summed E-state index contributed by atoms with van der Waals surface area (Å²) < 4.78 is 0. The number of hydrogen-bond donors (Lipinski definition) is 1. The van der Waals surface area contributed by atoms with Crippen molar-refractivity contribution in [3.05, 3.63) is 0 Å². The van der Waals surface area contributed by atoms with Crippen molar-refractivity contribution in [2.24, 2.45) is 17.8 Å². The van der Waals surface area contributed by atoms with E-state index in [-0.39, 0.29) is 23.8 Å². The summed E-state index contributed by atoms with van der Waals surface area (Å²) in [5.41, 5.74) is 0. The highest BCUT2D eigenvalue weighted by molar-refractivity contribution is 7.99. The Kier molecular flexibility index (Phi) is 3.26. The van der Waals surface area contributed by atoms with E-state index in [1.54, 1.807) is 16.7 Å². The van der Waals surface area contributed by atoms with Crippen LogP contribution in [-0.4, -0.2) is 40.9 Å². The van der Waals surface area contributed by atoms with Crippen molar-refractivity contribution >= 4 is 23.6 Å². The van der Waals surface area contributed by atoms with Crippen LogP contribution in [0.4, 0.5) is 0 Å². The van der Waals surface area contributed by atoms with Gasteiger partial charge in [0.15, 0.2) is 0 Å². The summed E-state index contributed by atoms with van der Waals surface area (Å²) in [5.74, 6) is 3.07. The van der Waals surface area contributed by atoms with Gasteiger partial charge in [-0.1, -0.05) is 6.92 Å². The quantitative estimate of drug-likeness (QED) is 0.830. The Labute approximate surface area is 112 Å². The summed E-state index contributed by atoms with van der Waals surface area (Å²) in [6.07, 6.45) is 3.47. The minimum atomic E-state index is -0.228. The van der Waals surface area contributed by atoms with E-state index in [2.05, 4.69) is 12.2 Å². The van der Waals surface area contributed by atoms with E-state index >= 15 is 0 Å². The largest absolute Gasteiger partial charge is 0.354 e. The Morgan fingerprint density at radius 3 is 2.72 bits per heavy atom. The molecule has 0 aromatic heterocycles. The molecule has 0 aromatic rings. The Morgan fingerprint density at radius 2 is 2.11 bits per heavy atom. The fraction of sp³-hybridized carbons (Fsp3) is 0.846. The smallest absolute Gasteiger partial charge is 0.243 e. The zero-order valence-corrected chi connectivity index (χ0v) is 11.5. The first kappa shape index (κ1) is 12.3. The van der Waals surface area contributed by atoms with Crippen LogP contribution >= 0.6 is 11.8 Å². The molecule has 0 spiro atoms. The number of carbonyl (C=O) groups is 2. The highest BCUT2D eigenvalue weighted by atomic mass is 32.2. The first-order valence-electron chi connectivity index (χ1n) is 6.82. The van der Waals surface area contributed by atoms with Crippen molar-refractivity contribution in [2.75, 3.05) is 18.2 Å². The van der Waals surface area contributed by atoms with Crippen LogP contribution in [0, 0.1) is 17.8 Å². The van der Waals surface area contributed by atoms with Gasteiger partial charge in [-0.3, -0.25) is 9.59 Å². The Morgan fingerprint density at radius 1 is 1.39 bits per heavy atom. The molecule has 18 heavy (non-hydrogen) atoms. The normalized spacial score (nSPS) is 34.5. The van der Waals surface area contributed by atoms with Crippen molar-refractivity contribution < 1.29 is 9.59 Å². The standard InChI is InChI=1S/C13H20N2O2S/c1-8-4-10(8)13(17)15-7-18-6-11(15)12(16)14-5-9-2-3-9/h8-11H,2-7H2,1H3,(H,14,16)/t8-,10-,11-/m1/s1. The first-order chi connectivity index (χ1) is 8.66. The van der Waals surface area contributed by atoms with Crippen molar-refractivity contribution in [1.29, 1.82) is 0 Å². The molecule has 100 valence electrons. The molecule has 1 aliphatic heterocycles. The molecule has 2 amide bonds. The van der Waals surface area contributed by atoms with E-state index in [0.717, 1.165) is 18.7 Å². The van der Waals surface area contributed by atoms with Crippen LogP contribution in [0.2, 0.25) is 0 Å². The number of thioether (sulfide) groups is 1. The summed E-state index contributed by atoms with van der Waals surface area (Å²) in [6.45, 7) is 2.90. The van der Waals surface area contributed by atoms with E-state index in [0.29, 0.717) is 17.7 Å². The zero-order chi connectivity index (χ0) is 12.7. The van der Waals surface area contributed by atoms with Gasteiger partial charge in [-0.05, 0) is 31.1 Å². The monoisotopic (exact) mass is 268 g/mol. The molecule has 0 radical (unpaired) electrons. The molecule has 1 N–H and O–H groups in total. The minimum Gasteiger partial charge on any atom is -0.354 e. The van der Waals surface area contributed by atoms with Gasteiger partial charge in [0.1, 0.15) is 6.04 Å². The first-order valence-corrected chi connectivity index (χ1v) is 7.98. The molecule has 0 aromatic carbocycles. The average molecular weight is 268 g/mol. The van der Waals surface area contributed by atoms with Crippen LogP contribution in [0.3, 0.4) is 0 Å². The number of hydrogen-bond acceptors (Lipinski definition) is 3. The van der Waals surface area contributed by atoms with Gasteiger partial charge in [0.2, 0.25) is 11.8 Å². The van der Waals surface area contributed by atoms with Crippen molar-refractivity contribution in [3.63, 3.8) is 0 Å². The molecule has 1 heterocycles. The lowest BCUT2D eigenvalue weighted by molar-refractivity contribution is -0.139. The summed E-state index contributed by atoms with van der Waals surface area (Å²) in [7, 11) is 0. The number of rotatable bonds is 4. The molecule has 2 saturated carbocycles. The SMILES string of the molecule is C[C@@H]1C[C@H]1C(=O)N1CSC[C@@H]1C(=O)NCC1CC1. The fourth-order valence-corrected chi connectivity index (χ4v) is 3.60. The van der Waals surface area contributed by atoms with Crippen molar-refractivity contribution in [3.8, 4) is 0 Å². The number of nitrogens with one attached hydrogen (secondary N) is 1. The van der Waals surface area contributed by atoms with Crippen LogP contribution in [-0.2, 0) is 9.59 Å². The summed E-state index contributed by atoms with van der Waals surface area (Å²) in [6, 6.07) is -0.228. The maximum atomic E-state index is 12.2. The van der Waals surface area contributed by atoms with Gasteiger partial charge in [-0.2, -0.15) is 0 Å². The molecule has 5 heteroatoms. The second-order valence-electron chi connectivity index (χ2n) is 5.83. The lowest BCUT2D eigenvalue weighted by Crippen LogP contribution is -2.48. The second kappa shape index (κ2) is 4.76. The van der Waals surface area contributed by atoms with Gasteiger partial charge >= 0.3 is 0 Å². The molecule has 3 aliphatic rings. The third-order valence-electron chi connectivity index (χ3n) is 4.16. The maximum Gasteiger partial charge on any atom is 0.243 e. The van der Waals surface area contributed by atoms with E-state index in [1.165, 1.54) is 12.8 Å². The Balaban J connectivity index is 1.55. The molecule has 4 nitrogen and oxygen atoms in total. The molecule has 2 aliphatic carbocycles. The van der Waals surface area contributed by atoms with Gasteiger partial charge in [-0.15, -0.1) is 11.8 Å². The molecular weight excluding hydrogens is 248 g/mol. The van der Waals surface area contributed by atoms with Gasteiger partial charge < -0.3 is 10.2 Å². The van der Waals surface area contributed by atoms with Crippen LogP contribution in [0.1, 0.15) is 26.2 Å². The summed E-state index contributed by atoms with van der Waals surface area (Å²) in [4.78, 5) is 26.1. The highest BCUT2D eigenvalue weighted by Crippen LogP contribution is 2.40. The van der Waals surface area contributed by atoms with Crippen LogP contribution in [0.5, 0.6) is 0 Å². The fourth-order valence-electron chi connectivity index (χ4n) is 2.44. The molecule has 3 rings (SSSR count). The summed E-state index contributed by atoms with van der Waals surface area (Å²) in [5, 5.41) is 3.00. The van der Waals surface area contributed by atoms with E-state index in [1.807, 2.05) is 0 Å². The highest BCUT2D eigenvalue weighted by Gasteiger charge is 2.45. The van der Waals surface area contributed by atoms with Crippen molar-refractivity contribution in [1.82, 2.24) is 10.2 Å². The predicted octanol–water partition coefficient (Wildman–Crippen LogP) is 1.07. The van der Waals surface area contributed by atoms with Gasteiger partial charge in [0.05, 0.1) is 5.88 Å². The third-order valence-corrected chi connectivity index (χ3v) is 5.17. The van der Waals surface area contributed by atoms with Gasteiger partial charge in [0.25, 0.3) is 0 Å². The third kappa shape index (κ3) is 2.51. The number of carbonyl (C=O) groups excluding carboxylic acids is 2. The second-order valence-corrected chi connectivity index (χ2v) is 6.83. The molecule has 1 saturated heterocycles. The van der Waals surface area contributed by atoms with Gasteiger partial charge in [0, 0.05) is 18.2 Å². The Hall–Kier alpha value is -0.710. The van der Waals surface area contributed by atoms with Crippen LogP contribution in [0.15, 0.2) is 0 Å². The maximum absolute atomic E-state index is 12.2. The lowest BCUT2D eigenvalue weighted by Gasteiger charge is -2.23. The zero-order valence-electron chi connectivity index (χ0n) is 10.7. The molecule has 0 unspecified atom stereocenters. The average Bonchev–Trinajstić information content (AvgIpc) is 3.25. The minimum absolute atomic E-state index is 0.0496. The van der Waals surface area contributed by atoms with E-state index < -0.39 is 0 Å². The van der Waals surface area contributed by atoms with Crippen molar-refractivity contribution in [2.45, 2.75) is 32.2 Å². The number of amides is 2. The predicted molar refractivity (Wildman–Crippen MR) is 71.0 cm³/mol. The topological polar surface area (TPSA) is 49.4 Å². The lowest BCUT2D eigenvalue weighted by atomic mass is 10.2. The summed E-state index contributed by atoms with van der Waals surface area (Å²) >= 11 is 1.69. The van der Waals surface area contributed by atoms with E-state index in [9.17, 15) is 9.59 Å².